The van der Waals surface area contributed by atoms with Gasteiger partial charge >= 0.3 is 6.18 Å². The normalized spacial score (nSPS) is 22.6. The molecule has 2 aliphatic rings. The lowest BCUT2D eigenvalue weighted by Gasteiger charge is -2.48. The van der Waals surface area contributed by atoms with Crippen molar-refractivity contribution in [1.82, 2.24) is 10.2 Å². The van der Waals surface area contributed by atoms with E-state index in [-0.39, 0.29) is 36.3 Å². The molecule has 0 spiro atoms. The lowest BCUT2D eigenvalue weighted by atomic mass is 9.81. The van der Waals surface area contributed by atoms with E-state index in [4.69, 9.17) is 4.74 Å². The topological polar surface area (TPSA) is 70.7 Å². The van der Waals surface area contributed by atoms with Crippen molar-refractivity contribution in [1.29, 1.82) is 0 Å². The maximum Gasteiger partial charge on any atom is 0.418 e. The highest BCUT2D eigenvalue weighted by atomic mass is 19.4. The van der Waals surface area contributed by atoms with Crippen molar-refractivity contribution in [2.75, 3.05) is 19.0 Å². The van der Waals surface area contributed by atoms with Gasteiger partial charge in [-0.15, -0.1) is 0 Å². The van der Waals surface area contributed by atoms with Crippen LogP contribution in [0.4, 0.5) is 18.9 Å². The van der Waals surface area contributed by atoms with Gasteiger partial charge in [0, 0.05) is 23.7 Å². The van der Waals surface area contributed by atoms with Gasteiger partial charge in [0.25, 0.3) is 5.91 Å². The number of nitrogens with one attached hydrogen (secondary N) is 2. The number of fused-ring (bicyclic) bond motifs is 2. The smallest absolute Gasteiger partial charge is 0.418 e. The monoisotopic (exact) mass is 475 g/mol. The van der Waals surface area contributed by atoms with Crippen LogP contribution in [0.5, 0.6) is 5.75 Å². The molecular weight excluding hydrogens is 447 g/mol. The molecule has 0 radical (unpaired) electrons. The highest BCUT2D eigenvalue weighted by Crippen LogP contribution is 2.36. The van der Waals surface area contributed by atoms with Crippen LogP contribution in [0.25, 0.3) is 0 Å². The van der Waals surface area contributed by atoms with Crippen molar-refractivity contribution in [3.8, 4) is 5.75 Å². The number of piperidine rings is 2. The number of hydrogen-bond donors (Lipinski definition) is 2. The molecule has 2 heterocycles. The maximum atomic E-state index is 13.3. The molecule has 2 atom stereocenters. The SMILES string of the molecule is COc1cccc(C(=O)NC2C[C@@H]3CCC[C@@H](C2)N3CC(=O)Nc2ccccc2C(F)(F)F)c1. The fraction of sp³-hybridized carbons (Fsp3) is 0.440. The van der Waals surface area contributed by atoms with Crippen LogP contribution in [-0.2, 0) is 11.0 Å². The number of methoxy groups -OCH3 is 1. The molecule has 2 bridgehead atoms. The minimum absolute atomic E-state index is 0.0259. The molecule has 2 fully saturated rings. The summed E-state index contributed by atoms with van der Waals surface area (Å²) in [4.78, 5) is 27.5. The summed E-state index contributed by atoms with van der Waals surface area (Å²) in [6.07, 6.45) is -0.360. The van der Waals surface area contributed by atoms with E-state index >= 15 is 0 Å². The number of rotatable bonds is 6. The zero-order valence-corrected chi connectivity index (χ0v) is 18.9. The minimum Gasteiger partial charge on any atom is -0.497 e. The number of carbonyl (C=O) groups is 2. The van der Waals surface area contributed by atoms with Gasteiger partial charge in [0.05, 0.1) is 24.9 Å². The molecule has 0 unspecified atom stereocenters. The third-order valence-electron chi connectivity index (χ3n) is 6.63. The van der Waals surface area contributed by atoms with Gasteiger partial charge in [-0.25, -0.2) is 0 Å². The van der Waals surface area contributed by atoms with Crippen LogP contribution in [0.2, 0.25) is 0 Å². The Morgan fingerprint density at radius 3 is 2.44 bits per heavy atom. The van der Waals surface area contributed by atoms with Crippen LogP contribution in [-0.4, -0.2) is 48.5 Å². The van der Waals surface area contributed by atoms with Crippen molar-refractivity contribution >= 4 is 17.5 Å². The lowest BCUT2D eigenvalue weighted by Crippen LogP contribution is -2.58. The average molecular weight is 476 g/mol. The second-order valence-corrected chi connectivity index (χ2v) is 8.88. The van der Waals surface area contributed by atoms with E-state index in [9.17, 15) is 22.8 Å². The standard InChI is InChI=1S/C25H28F3N3O3/c1-34-20-9-4-6-16(12-20)24(33)29-17-13-18-7-5-8-19(14-17)31(18)15-23(32)30-22-11-3-2-10-21(22)25(26,27)28/h2-4,6,9-12,17-19H,5,7-8,13-15H2,1H3,(H,29,33)(H,30,32)/t18-,19-/m0/s1. The summed E-state index contributed by atoms with van der Waals surface area (Å²) >= 11 is 0. The molecule has 6 nitrogen and oxygen atoms in total. The first kappa shape index (κ1) is 24.1. The Morgan fingerprint density at radius 1 is 1.06 bits per heavy atom. The number of alkyl halides is 3. The summed E-state index contributed by atoms with van der Waals surface area (Å²) in [5, 5.41) is 5.55. The van der Waals surface area contributed by atoms with Crippen LogP contribution in [0.1, 0.15) is 48.0 Å². The molecule has 2 aromatic rings. The highest BCUT2D eigenvalue weighted by Gasteiger charge is 2.40. The minimum atomic E-state index is -4.54. The molecule has 0 saturated carbocycles. The van der Waals surface area contributed by atoms with E-state index in [1.165, 1.54) is 18.2 Å². The summed E-state index contributed by atoms with van der Waals surface area (Å²) in [7, 11) is 1.55. The molecule has 4 rings (SSSR count). The van der Waals surface area contributed by atoms with Crippen molar-refractivity contribution in [3.63, 3.8) is 0 Å². The quantitative estimate of drug-likeness (QED) is 0.647. The van der Waals surface area contributed by atoms with Crippen LogP contribution in [0.15, 0.2) is 48.5 Å². The first-order chi connectivity index (χ1) is 16.2. The van der Waals surface area contributed by atoms with Crippen LogP contribution < -0.4 is 15.4 Å². The number of anilines is 1. The molecule has 2 saturated heterocycles. The summed E-state index contributed by atoms with van der Waals surface area (Å²) in [6, 6.07) is 12.1. The molecule has 34 heavy (non-hydrogen) atoms. The van der Waals surface area contributed by atoms with E-state index in [1.54, 1.807) is 31.4 Å². The van der Waals surface area contributed by atoms with E-state index in [2.05, 4.69) is 15.5 Å². The molecule has 2 N–H and O–H groups in total. The summed E-state index contributed by atoms with van der Waals surface area (Å²) in [5.41, 5.74) is -0.567. The zero-order chi connectivity index (χ0) is 24.3. The predicted molar refractivity (Wildman–Crippen MR) is 122 cm³/mol. The number of carbonyl (C=O) groups excluding carboxylic acids is 2. The van der Waals surface area contributed by atoms with E-state index in [0.717, 1.165) is 25.3 Å². The van der Waals surface area contributed by atoms with Gasteiger partial charge in [-0.05, 0) is 56.0 Å². The Kier molecular flexibility index (Phi) is 7.11. The van der Waals surface area contributed by atoms with Gasteiger partial charge in [0.15, 0.2) is 0 Å². The van der Waals surface area contributed by atoms with Crippen molar-refractivity contribution in [2.45, 2.75) is 56.4 Å². The molecule has 2 aliphatic heterocycles. The Bertz CT molecular complexity index is 1030. The van der Waals surface area contributed by atoms with Crippen molar-refractivity contribution < 1.29 is 27.5 Å². The largest absolute Gasteiger partial charge is 0.497 e. The number of para-hydroxylation sites is 1. The molecule has 0 aliphatic carbocycles. The summed E-state index contributed by atoms with van der Waals surface area (Å²) in [5.74, 6) is -0.0261. The predicted octanol–water partition coefficient (Wildman–Crippen LogP) is 4.47. The Balaban J connectivity index is 1.38. The zero-order valence-electron chi connectivity index (χ0n) is 18.9. The van der Waals surface area contributed by atoms with E-state index < -0.39 is 17.6 Å². The second kappa shape index (κ2) is 10.0. The van der Waals surface area contributed by atoms with Gasteiger partial charge < -0.3 is 15.4 Å². The van der Waals surface area contributed by atoms with Gasteiger partial charge in [0.2, 0.25) is 5.91 Å². The van der Waals surface area contributed by atoms with Crippen molar-refractivity contribution in [2.24, 2.45) is 0 Å². The number of amides is 2. The molecule has 2 aromatic carbocycles. The number of benzene rings is 2. The van der Waals surface area contributed by atoms with Crippen LogP contribution in [0, 0.1) is 0 Å². The Hall–Kier alpha value is -3.07. The summed E-state index contributed by atoms with van der Waals surface area (Å²) in [6.45, 7) is 0.0259. The molecule has 0 aromatic heterocycles. The van der Waals surface area contributed by atoms with Crippen LogP contribution >= 0.6 is 0 Å². The third kappa shape index (κ3) is 5.52. The first-order valence-corrected chi connectivity index (χ1v) is 11.4. The Morgan fingerprint density at radius 2 is 1.76 bits per heavy atom. The third-order valence-corrected chi connectivity index (χ3v) is 6.63. The van der Waals surface area contributed by atoms with Gasteiger partial charge in [-0.2, -0.15) is 13.2 Å². The lowest BCUT2D eigenvalue weighted by molar-refractivity contribution is -0.137. The number of ether oxygens (including phenoxy) is 1. The fourth-order valence-electron chi connectivity index (χ4n) is 5.08. The number of halogens is 3. The second-order valence-electron chi connectivity index (χ2n) is 8.88. The number of hydrogen-bond acceptors (Lipinski definition) is 4. The first-order valence-electron chi connectivity index (χ1n) is 11.4. The maximum absolute atomic E-state index is 13.3. The number of nitrogens with zero attached hydrogens (tertiary/aromatic N) is 1. The molecular formula is C25H28F3N3O3. The highest BCUT2D eigenvalue weighted by molar-refractivity contribution is 5.95. The van der Waals surface area contributed by atoms with Crippen molar-refractivity contribution in [3.05, 3.63) is 59.7 Å². The molecule has 182 valence electrons. The summed E-state index contributed by atoms with van der Waals surface area (Å²) < 4.78 is 45.0. The van der Waals surface area contributed by atoms with Gasteiger partial charge in [-0.1, -0.05) is 24.6 Å². The van der Waals surface area contributed by atoms with Gasteiger partial charge in [-0.3, -0.25) is 14.5 Å². The van der Waals surface area contributed by atoms with Crippen LogP contribution in [0.3, 0.4) is 0 Å². The fourth-order valence-corrected chi connectivity index (χ4v) is 5.08. The van der Waals surface area contributed by atoms with Gasteiger partial charge in [0.1, 0.15) is 5.75 Å². The Labute approximate surface area is 196 Å². The molecule has 2 amide bonds. The average Bonchev–Trinajstić information content (AvgIpc) is 2.79. The molecule has 9 heteroatoms. The van der Waals surface area contributed by atoms with E-state index in [1.807, 2.05) is 0 Å². The van der Waals surface area contributed by atoms with E-state index in [0.29, 0.717) is 24.2 Å².